The zero-order chi connectivity index (χ0) is 12.1. The van der Waals surface area contributed by atoms with Crippen LogP contribution in [0.2, 0.25) is 0 Å². The van der Waals surface area contributed by atoms with E-state index in [4.69, 9.17) is 14.2 Å². The summed E-state index contributed by atoms with van der Waals surface area (Å²) in [6.07, 6.45) is 1.29. The third kappa shape index (κ3) is 2.97. The summed E-state index contributed by atoms with van der Waals surface area (Å²) < 4.78 is 15.4. The topological polar surface area (TPSA) is 47.9 Å². The molecule has 0 amide bonds. The Kier molecular flexibility index (Phi) is 3.99. The first-order valence-corrected chi connectivity index (χ1v) is 5.77. The van der Waals surface area contributed by atoms with E-state index in [0.717, 1.165) is 11.3 Å². The lowest BCUT2D eigenvalue weighted by Crippen LogP contribution is -2.33. The van der Waals surface area contributed by atoms with E-state index in [1.165, 1.54) is 0 Å². The Morgan fingerprint density at radius 2 is 1.88 bits per heavy atom. The molecule has 1 saturated heterocycles. The molecule has 1 N–H and O–H groups in total. The van der Waals surface area contributed by atoms with Crippen molar-refractivity contribution >= 4 is 0 Å². The van der Waals surface area contributed by atoms with Gasteiger partial charge in [-0.2, -0.15) is 0 Å². The number of benzene rings is 1. The van der Waals surface area contributed by atoms with Gasteiger partial charge in [-0.25, -0.2) is 0 Å². The highest BCUT2D eigenvalue weighted by Crippen LogP contribution is 2.32. The van der Waals surface area contributed by atoms with E-state index in [-0.39, 0.29) is 6.79 Å². The predicted molar refractivity (Wildman–Crippen MR) is 62.9 cm³/mol. The van der Waals surface area contributed by atoms with Crippen molar-refractivity contribution < 1.29 is 19.3 Å². The Labute approximate surface area is 101 Å². The highest BCUT2D eigenvalue weighted by atomic mass is 16.7. The van der Waals surface area contributed by atoms with Crippen molar-refractivity contribution in [3.8, 4) is 5.75 Å². The summed E-state index contributed by atoms with van der Waals surface area (Å²) >= 11 is 0. The highest BCUT2D eigenvalue weighted by molar-refractivity contribution is 5.31. The Bertz CT molecular complexity index is 341. The van der Waals surface area contributed by atoms with Crippen molar-refractivity contribution in [3.05, 3.63) is 29.8 Å². The molecule has 1 aliphatic heterocycles. The average molecular weight is 238 g/mol. The van der Waals surface area contributed by atoms with E-state index in [1.807, 2.05) is 24.3 Å². The molecular formula is C13H18O4. The van der Waals surface area contributed by atoms with Crippen LogP contribution in [0.25, 0.3) is 0 Å². The molecule has 0 spiro atoms. The van der Waals surface area contributed by atoms with Crippen molar-refractivity contribution in [1.82, 2.24) is 0 Å². The number of aliphatic hydroxyl groups is 1. The van der Waals surface area contributed by atoms with Crippen LogP contribution in [0.4, 0.5) is 0 Å². The fourth-order valence-corrected chi connectivity index (χ4v) is 1.99. The van der Waals surface area contributed by atoms with Crippen LogP contribution in [0, 0.1) is 0 Å². The number of ether oxygens (including phenoxy) is 3. The molecule has 17 heavy (non-hydrogen) atoms. The first-order valence-electron chi connectivity index (χ1n) is 5.77. The first kappa shape index (κ1) is 12.4. The lowest BCUT2D eigenvalue weighted by Gasteiger charge is -2.32. The van der Waals surface area contributed by atoms with Crippen LogP contribution in [-0.4, -0.2) is 32.2 Å². The number of hydrogen-bond acceptors (Lipinski definition) is 4. The molecule has 4 heteroatoms. The molecule has 1 heterocycles. The lowest BCUT2D eigenvalue weighted by atomic mass is 9.86. The molecule has 1 aliphatic rings. The summed E-state index contributed by atoms with van der Waals surface area (Å²) in [4.78, 5) is 0. The standard InChI is InChI=1S/C13H18O4/c1-15-10-17-12-4-2-11(3-5-12)13(14)6-8-16-9-7-13/h2-5,14H,6-10H2,1H3. The summed E-state index contributed by atoms with van der Waals surface area (Å²) in [5, 5.41) is 10.5. The van der Waals surface area contributed by atoms with Crippen molar-refractivity contribution in [2.45, 2.75) is 18.4 Å². The molecule has 0 unspecified atom stereocenters. The second-order valence-electron chi connectivity index (χ2n) is 4.22. The van der Waals surface area contributed by atoms with E-state index in [0.29, 0.717) is 26.1 Å². The first-order chi connectivity index (χ1) is 8.24. The maximum atomic E-state index is 10.5. The zero-order valence-electron chi connectivity index (χ0n) is 10.0. The minimum atomic E-state index is -0.752. The van der Waals surface area contributed by atoms with Gasteiger partial charge in [-0.05, 0) is 17.7 Å². The Hall–Kier alpha value is -1.10. The van der Waals surface area contributed by atoms with E-state index in [1.54, 1.807) is 7.11 Å². The third-order valence-electron chi connectivity index (χ3n) is 3.06. The van der Waals surface area contributed by atoms with Crippen LogP contribution >= 0.6 is 0 Å². The fourth-order valence-electron chi connectivity index (χ4n) is 1.99. The molecule has 94 valence electrons. The SMILES string of the molecule is COCOc1ccc(C2(O)CCOCC2)cc1. The summed E-state index contributed by atoms with van der Waals surface area (Å²) in [7, 11) is 1.58. The van der Waals surface area contributed by atoms with Gasteiger partial charge in [0.2, 0.25) is 0 Å². The van der Waals surface area contributed by atoms with Gasteiger partial charge in [0.15, 0.2) is 6.79 Å². The largest absolute Gasteiger partial charge is 0.468 e. The number of rotatable bonds is 4. The van der Waals surface area contributed by atoms with Gasteiger partial charge in [0.05, 0.1) is 5.60 Å². The van der Waals surface area contributed by atoms with Gasteiger partial charge in [-0.15, -0.1) is 0 Å². The molecule has 1 aromatic rings. The summed E-state index contributed by atoms with van der Waals surface area (Å²) in [6.45, 7) is 1.45. The number of hydrogen-bond donors (Lipinski definition) is 1. The maximum absolute atomic E-state index is 10.5. The molecule has 0 atom stereocenters. The second-order valence-corrected chi connectivity index (χ2v) is 4.22. The van der Waals surface area contributed by atoms with Gasteiger partial charge in [0.25, 0.3) is 0 Å². The average Bonchev–Trinajstić information content (AvgIpc) is 2.38. The van der Waals surface area contributed by atoms with Crippen LogP contribution in [0.3, 0.4) is 0 Å². The van der Waals surface area contributed by atoms with Crippen molar-refractivity contribution in [1.29, 1.82) is 0 Å². The quantitative estimate of drug-likeness (QED) is 0.810. The minimum Gasteiger partial charge on any atom is -0.468 e. The normalized spacial score (nSPS) is 18.9. The molecule has 1 aromatic carbocycles. The van der Waals surface area contributed by atoms with E-state index in [2.05, 4.69) is 0 Å². The van der Waals surface area contributed by atoms with Crippen molar-refractivity contribution in [2.75, 3.05) is 27.1 Å². The van der Waals surface area contributed by atoms with E-state index >= 15 is 0 Å². The van der Waals surface area contributed by atoms with E-state index < -0.39 is 5.60 Å². The van der Waals surface area contributed by atoms with Crippen molar-refractivity contribution in [2.24, 2.45) is 0 Å². The Morgan fingerprint density at radius 3 is 2.47 bits per heavy atom. The molecular weight excluding hydrogens is 220 g/mol. The van der Waals surface area contributed by atoms with Crippen molar-refractivity contribution in [3.63, 3.8) is 0 Å². The molecule has 0 saturated carbocycles. The van der Waals surface area contributed by atoms with Crippen LogP contribution in [0.5, 0.6) is 5.75 Å². The van der Waals surface area contributed by atoms with E-state index in [9.17, 15) is 5.11 Å². The van der Waals surface area contributed by atoms with Gasteiger partial charge in [0.1, 0.15) is 5.75 Å². The summed E-state index contributed by atoms with van der Waals surface area (Å²) in [6, 6.07) is 7.50. The Balaban J connectivity index is 2.06. The monoisotopic (exact) mass is 238 g/mol. The second kappa shape index (κ2) is 5.49. The third-order valence-corrected chi connectivity index (χ3v) is 3.06. The fraction of sp³-hybridized carbons (Fsp3) is 0.538. The molecule has 0 aliphatic carbocycles. The van der Waals surface area contributed by atoms with Gasteiger partial charge in [-0.3, -0.25) is 0 Å². The van der Waals surface area contributed by atoms with Crippen LogP contribution in [0.1, 0.15) is 18.4 Å². The van der Waals surface area contributed by atoms with Gasteiger partial charge in [0, 0.05) is 33.2 Å². The zero-order valence-corrected chi connectivity index (χ0v) is 10.0. The lowest BCUT2D eigenvalue weighted by molar-refractivity contribution is -0.0679. The number of methoxy groups -OCH3 is 1. The molecule has 1 fully saturated rings. The molecule has 0 aromatic heterocycles. The molecule has 4 nitrogen and oxygen atoms in total. The summed E-state index contributed by atoms with van der Waals surface area (Å²) in [5.74, 6) is 0.742. The van der Waals surface area contributed by atoms with Crippen LogP contribution in [0.15, 0.2) is 24.3 Å². The Morgan fingerprint density at radius 1 is 1.24 bits per heavy atom. The molecule has 0 radical (unpaired) electrons. The van der Waals surface area contributed by atoms with Gasteiger partial charge >= 0.3 is 0 Å². The van der Waals surface area contributed by atoms with Crippen LogP contribution in [-0.2, 0) is 15.1 Å². The molecule has 2 rings (SSSR count). The minimum absolute atomic E-state index is 0.234. The van der Waals surface area contributed by atoms with Gasteiger partial charge < -0.3 is 19.3 Å². The highest BCUT2D eigenvalue weighted by Gasteiger charge is 2.31. The van der Waals surface area contributed by atoms with Gasteiger partial charge in [-0.1, -0.05) is 12.1 Å². The molecule has 0 bridgehead atoms. The smallest absolute Gasteiger partial charge is 0.188 e. The van der Waals surface area contributed by atoms with Crippen LogP contribution < -0.4 is 4.74 Å². The maximum Gasteiger partial charge on any atom is 0.188 e. The summed E-state index contributed by atoms with van der Waals surface area (Å²) in [5.41, 5.74) is 0.170. The predicted octanol–water partition coefficient (Wildman–Crippen LogP) is 1.67.